The Kier molecular flexibility index (Phi) is 6.41. The van der Waals surface area contributed by atoms with Crippen molar-refractivity contribution < 1.29 is 22.7 Å². The molecule has 0 saturated carbocycles. The highest BCUT2D eigenvalue weighted by Crippen LogP contribution is 2.32. The summed E-state index contributed by atoms with van der Waals surface area (Å²) in [6, 6.07) is 18.2. The second kappa shape index (κ2) is 9.68. The number of hydrogen-bond acceptors (Lipinski definition) is 4. The van der Waals surface area contributed by atoms with Gasteiger partial charge in [0.05, 0.1) is 24.1 Å². The van der Waals surface area contributed by atoms with E-state index in [1.165, 1.54) is 6.07 Å². The van der Waals surface area contributed by atoms with Gasteiger partial charge in [-0.15, -0.1) is 0 Å². The van der Waals surface area contributed by atoms with E-state index >= 15 is 0 Å². The molecule has 0 atom stereocenters. The topological polar surface area (TPSA) is 55.5 Å². The molecule has 2 aromatic heterocycles. The van der Waals surface area contributed by atoms with E-state index < -0.39 is 11.7 Å². The normalized spacial score (nSPS) is 14.2. The minimum Gasteiger partial charge on any atom is -0.497 e. The monoisotopic (exact) mass is 509 g/mol. The third-order valence-corrected chi connectivity index (χ3v) is 6.56. The number of methoxy groups -OCH3 is 1. The van der Waals surface area contributed by atoms with Crippen molar-refractivity contribution >= 4 is 11.6 Å². The number of aryl methyl sites for hydroxylation is 1. The summed E-state index contributed by atoms with van der Waals surface area (Å²) in [5.41, 5.74) is 2.47. The predicted octanol–water partition coefficient (Wildman–Crippen LogP) is 4.87. The minimum absolute atomic E-state index is 0.188. The van der Waals surface area contributed by atoms with Gasteiger partial charge in [-0.1, -0.05) is 6.07 Å². The van der Waals surface area contributed by atoms with E-state index in [4.69, 9.17) is 9.84 Å². The van der Waals surface area contributed by atoms with Crippen molar-refractivity contribution in [2.24, 2.45) is 7.05 Å². The molecule has 2 aromatic carbocycles. The summed E-state index contributed by atoms with van der Waals surface area (Å²) in [7, 11) is 3.50. The molecule has 0 N–H and O–H groups in total. The number of rotatable bonds is 5. The van der Waals surface area contributed by atoms with Crippen LogP contribution in [0.2, 0.25) is 0 Å². The molecule has 1 saturated heterocycles. The number of carbonyl (C=O) groups excluding carboxylic acids is 1. The van der Waals surface area contributed by atoms with Crippen LogP contribution in [-0.4, -0.2) is 58.4 Å². The van der Waals surface area contributed by atoms with Crippen molar-refractivity contribution in [1.82, 2.24) is 19.2 Å². The van der Waals surface area contributed by atoms with E-state index in [9.17, 15) is 18.0 Å². The predicted molar refractivity (Wildman–Crippen MR) is 134 cm³/mol. The van der Waals surface area contributed by atoms with Gasteiger partial charge in [0.25, 0.3) is 5.91 Å². The van der Waals surface area contributed by atoms with Gasteiger partial charge in [0.2, 0.25) is 0 Å². The number of carbonyl (C=O) groups is 1. The van der Waals surface area contributed by atoms with Gasteiger partial charge in [-0.25, -0.2) is 4.68 Å². The lowest BCUT2D eigenvalue weighted by molar-refractivity contribution is -0.137. The zero-order valence-electron chi connectivity index (χ0n) is 20.4. The zero-order chi connectivity index (χ0) is 26.2. The maximum atomic E-state index is 13.7. The molecule has 5 rings (SSSR count). The fourth-order valence-electron chi connectivity index (χ4n) is 4.51. The summed E-state index contributed by atoms with van der Waals surface area (Å²) in [4.78, 5) is 17.3. The van der Waals surface area contributed by atoms with Gasteiger partial charge in [-0.2, -0.15) is 18.3 Å². The van der Waals surface area contributed by atoms with Crippen LogP contribution in [-0.2, 0) is 13.2 Å². The number of ether oxygens (including phenoxy) is 1. The van der Waals surface area contributed by atoms with Crippen molar-refractivity contribution in [2.45, 2.75) is 6.18 Å². The summed E-state index contributed by atoms with van der Waals surface area (Å²) >= 11 is 0. The Labute approximate surface area is 212 Å². The van der Waals surface area contributed by atoms with Crippen LogP contribution in [0.4, 0.5) is 18.9 Å². The lowest BCUT2D eigenvalue weighted by Gasteiger charge is -2.36. The second-order valence-corrected chi connectivity index (χ2v) is 8.86. The maximum absolute atomic E-state index is 13.7. The highest BCUT2D eigenvalue weighted by atomic mass is 19.4. The Hall–Kier alpha value is -4.21. The first-order valence-corrected chi connectivity index (χ1v) is 11.8. The first-order valence-electron chi connectivity index (χ1n) is 11.8. The first kappa shape index (κ1) is 24.5. The number of hydrogen-bond donors (Lipinski definition) is 0. The number of amides is 1. The molecule has 7 nitrogen and oxygen atoms in total. The Morgan fingerprint density at radius 1 is 0.919 bits per heavy atom. The molecule has 0 unspecified atom stereocenters. The molecule has 0 spiro atoms. The highest BCUT2D eigenvalue weighted by Gasteiger charge is 2.32. The summed E-state index contributed by atoms with van der Waals surface area (Å²) < 4.78 is 48.3. The van der Waals surface area contributed by atoms with E-state index in [1.54, 1.807) is 41.0 Å². The standard InChI is InChI=1S/C27H26F3N5O2/c1-32-12-4-7-24(32)23-18-25(35(31-23)20-8-10-22(37-2)11-9-20)26(36)34-15-13-33(14-16-34)21-6-3-5-19(17-21)27(28,29)30/h3-12,17-18H,13-16H2,1-2H3. The summed E-state index contributed by atoms with van der Waals surface area (Å²) in [6.45, 7) is 1.60. The Morgan fingerprint density at radius 3 is 2.27 bits per heavy atom. The average Bonchev–Trinajstić information content (AvgIpc) is 3.54. The van der Waals surface area contributed by atoms with Gasteiger partial charge in [-0.3, -0.25) is 4.79 Å². The van der Waals surface area contributed by atoms with Crippen LogP contribution in [0.1, 0.15) is 16.1 Å². The van der Waals surface area contributed by atoms with Gasteiger partial charge in [-0.05, 0) is 60.7 Å². The van der Waals surface area contributed by atoms with Gasteiger partial charge in [0, 0.05) is 45.1 Å². The largest absolute Gasteiger partial charge is 0.497 e. The number of alkyl halides is 3. The van der Waals surface area contributed by atoms with Crippen LogP contribution in [0.3, 0.4) is 0 Å². The molecule has 0 radical (unpaired) electrons. The molecule has 1 amide bonds. The number of piperazine rings is 1. The van der Waals surface area contributed by atoms with Crippen LogP contribution in [0.15, 0.2) is 72.9 Å². The number of halogens is 3. The molecule has 37 heavy (non-hydrogen) atoms. The summed E-state index contributed by atoms with van der Waals surface area (Å²) in [5.74, 6) is 0.504. The van der Waals surface area contributed by atoms with E-state index in [1.807, 2.05) is 47.0 Å². The van der Waals surface area contributed by atoms with Crippen LogP contribution >= 0.6 is 0 Å². The SMILES string of the molecule is COc1ccc(-n2nc(-c3cccn3C)cc2C(=O)N2CCN(c3cccc(C(F)(F)F)c3)CC2)cc1. The molecule has 10 heteroatoms. The molecule has 0 aliphatic carbocycles. The van der Waals surface area contributed by atoms with Gasteiger partial charge in [0.1, 0.15) is 17.1 Å². The first-order chi connectivity index (χ1) is 17.7. The zero-order valence-corrected chi connectivity index (χ0v) is 20.4. The molecule has 1 aliphatic heterocycles. The second-order valence-electron chi connectivity index (χ2n) is 8.86. The lowest BCUT2D eigenvalue weighted by Crippen LogP contribution is -2.49. The van der Waals surface area contributed by atoms with Crippen LogP contribution < -0.4 is 9.64 Å². The Morgan fingerprint density at radius 2 is 1.65 bits per heavy atom. The Balaban J connectivity index is 1.40. The van der Waals surface area contributed by atoms with Gasteiger partial charge >= 0.3 is 6.18 Å². The third-order valence-electron chi connectivity index (χ3n) is 6.56. The smallest absolute Gasteiger partial charge is 0.416 e. The van der Waals surface area contributed by atoms with Crippen LogP contribution in [0, 0.1) is 0 Å². The molecular weight excluding hydrogens is 483 g/mol. The molecule has 4 aromatic rings. The molecule has 1 aliphatic rings. The molecule has 0 bridgehead atoms. The quantitative estimate of drug-likeness (QED) is 0.385. The fraction of sp³-hybridized carbons (Fsp3) is 0.259. The number of anilines is 1. The maximum Gasteiger partial charge on any atom is 0.416 e. The molecule has 192 valence electrons. The summed E-state index contributed by atoms with van der Waals surface area (Å²) in [6.07, 6.45) is -2.49. The van der Waals surface area contributed by atoms with Crippen molar-refractivity contribution in [3.8, 4) is 22.8 Å². The molecule has 1 fully saturated rings. The average molecular weight is 510 g/mol. The molecular formula is C27H26F3N5O2. The van der Waals surface area contributed by atoms with E-state index in [0.717, 1.165) is 17.8 Å². The van der Waals surface area contributed by atoms with Crippen molar-refractivity contribution in [3.63, 3.8) is 0 Å². The number of nitrogens with zero attached hydrogens (tertiary/aromatic N) is 5. The van der Waals surface area contributed by atoms with E-state index in [0.29, 0.717) is 54.7 Å². The van der Waals surface area contributed by atoms with E-state index in [2.05, 4.69) is 0 Å². The van der Waals surface area contributed by atoms with E-state index in [-0.39, 0.29) is 5.91 Å². The lowest BCUT2D eigenvalue weighted by atomic mass is 10.1. The van der Waals surface area contributed by atoms with Gasteiger partial charge in [0.15, 0.2) is 0 Å². The number of aromatic nitrogens is 3. The summed E-state index contributed by atoms with van der Waals surface area (Å²) in [5, 5.41) is 4.74. The Bertz CT molecular complexity index is 1400. The molecule has 3 heterocycles. The van der Waals surface area contributed by atoms with Crippen LogP contribution in [0.25, 0.3) is 17.1 Å². The van der Waals surface area contributed by atoms with Crippen molar-refractivity contribution in [2.75, 3.05) is 38.2 Å². The van der Waals surface area contributed by atoms with Crippen LogP contribution in [0.5, 0.6) is 5.75 Å². The third kappa shape index (κ3) is 4.91. The number of benzene rings is 2. The van der Waals surface area contributed by atoms with Gasteiger partial charge < -0.3 is 19.1 Å². The fourth-order valence-corrected chi connectivity index (χ4v) is 4.51. The van der Waals surface area contributed by atoms with Crippen molar-refractivity contribution in [1.29, 1.82) is 0 Å². The minimum atomic E-state index is -4.40. The van der Waals surface area contributed by atoms with Crippen molar-refractivity contribution in [3.05, 3.63) is 84.2 Å². The highest BCUT2D eigenvalue weighted by molar-refractivity contribution is 5.94.